The zero-order valence-electron chi connectivity index (χ0n) is 14.5. The predicted octanol–water partition coefficient (Wildman–Crippen LogP) is 2.45. The van der Waals surface area contributed by atoms with E-state index < -0.39 is 5.54 Å². The van der Waals surface area contributed by atoms with E-state index in [1.54, 1.807) is 6.07 Å². The summed E-state index contributed by atoms with van der Waals surface area (Å²) >= 11 is 0. The largest absolute Gasteiger partial charge is 0.441 e. The van der Waals surface area contributed by atoms with Gasteiger partial charge in [0.05, 0.1) is 5.54 Å². The molecule has 8 heteroatoms. The highest BCUT2D eigenvalue weighted by Crippen LogP contribution is 2.27. The molecule has 2 aromatic heterocycles. The zero-order chi connectivity index (χ0) is 18.4. The molecule has 3 rings (SSSR count). The van der Waals surface area contributed by atoms with E-state index in [-0.39, 0.29) is 23.3 Å². The van der Waals surface area contributed by atoms with Crippen LogP contribution in [-0.4, -0.2) is 34.0 Å². The maximum absolute atomic E-state index is 12.6. The SMILES string of the molecule is C=CC(=O)NC1(CNC(=O)c2ncoc2-c2ccon2)CCCCCC1. The minimum absolute atomic E-state index is 0.137. The third-order valence-electron chi connectivity index (χ3n) is 4.67. The molecule has 0 aromatic carbocycles. The molecule has 138 valence electrons. The Bertz CT molecular complexity index is 758. The van der Waals surface area contributed by atoms with E-state index in [0.717, 1.165) is 38.5 Å². The summed E-state index contributed by atoms with van der Waals surface area (Å²) in [6.45, 7) is 3.84. The first kappa shape index (κ1) is 17.9. The fourth-order valence-corrected chi connectivity index (χ4v) is 3.32. The molecule has 1 aliphatic carbocycles. The first-order valence-corrected chi connectivity index (χ1v) is 8.70. The van der Waals surface area contributed by atoms with Gasteiger partial charge in [-0.2, -0.15) is 0 Å². The van der Waals surface area contributed by atoms with E-state index in [1.165, 1.54) is 18.7 Å². The Morgan fingerprint density at radius 2 is 2.04 bits per heavy atom. The number of amides is 2. The van der Waals surface area contributed by atoms with Gasteiger partial charge in [-0.15, -0.1) is 0 Å². The second-order valence-corrected chi connectivity index (χ2v) is 6.49. The number of oxazole rings is 1. The van der Waals surface area contributed by atoms with Gasteiger partial charge in [-0.05, 0) is 18.9 Å². The summed E-state index contributed by atoms with van der Waals surface area (Å²) in [5, 5.41) is 9.68. The lowest BCUT2D eigenvalue weighted by Crippen LogP contribution is -2.55. The minimum atomic E-state index is -0.477. The quantitative estimate of drug-likeness (QED) is 0.606. The second kappa shape index (κ2) is 7.99. The van der Waals surface area contributed by atoms with Crippen LogP contribution >= 0.6 is 0 Å². The Hall–Kier alpha value is -2.90. The molecule has 8 nitrogen and oxygen atoms in total. The molecular formula is C18H22N4O4. The summed E-state index contributed by atoms with van der Waals surface area (Å²) in [5.74, 6) is -0.361. The van der Waals surface area contributed by atoms with Gasteiger partial charge in [0.15, 0.2) is 23.5 Å². The molecule has 0 bridgehead atoms. The summed E-state index contributed by atoms with van der Waals surface area (Å²) in [7, 11) is 0. The number of aromatic nitrogens is 2. The Labute approximate surface area is 151 Å². The number of carbonyl (C=O) groups is 2. The standard InChI is InChI=1S/C18H22N4O4/c1-2-14(23)21-18(8-5-3-4-6-9-18)11-19-17(24)15-16(25-12-20-15)13-7-10-26-22-13/h2,7,10,12H,1,3-6,8-9,11H2,(H,19,24)(H,21,23). The highest BCUT2D eigenvalue weighted by molar-refractivity contribution is 5.97. The molecule has 0 spiro atoms. The molecule has 1 fully saturated rings. The van der Waals surface area contributed by atoms with Gasteiger partial charge in [0.2, 0.25) is 5.91 Å². The van der Waals surface area contributed by atoms with Crippen molar-refractivity contribution in [1.82, 2.24) is 20.8 Å². The van der Waals surface area contributed by atoms with Gasteiger partial charge in [0.25, 0.3) is 5.91 Å². The van der Waals surface area contributed by atoms with Crippen molar-refractivity contribution in [2.24, 2.45) is 0 Å². The van der Waals surface area contributed by atoms with Crippen LogP contribution in [0.15, 0.2) is 40.3 Å². The van der Waals surface area contributed by atoms with Crippen molar-refractivity contribution >= 4 is 11.8 Å². The first-order chi connectivity index (χ1) is 12.6. The average molecular weight is 358 g/mol. The van der Waals surface area contributed by atoms with E-state index in [0.29, 0.717) is 12.2 Å². The molecular weight excluding hydrogens is 336 g/mol. The molecule has 2 amide bonds. The Balaban J connectivity index is 1.73. The third kappa shape index (κ3) is 4.01. The van der Waals surface area contributed by atoms with Crippen LogP contribution in [0.2, 0.25) is 0 Å². The summed E-state index contributed by atoms with van der Waals surface area (Å²) in [6, 6.07) is 1.59. The van der Waals surface area contributed by atoms with Crippen molar-refractivity contribution in [1.29, 1.82) is 0 Å². The first-order valence-electron chi connectivity index (χ1n) is 8.70. The van der Waals surface area contributed by atoms with Gasteiger partial charge in [-0.1, -0.05) is 37.4 Å². The van der Waals surface area contributed by atoms with Crippen LogP contribution in [0.4, 0.5) is 0 Å². The number of rotatable bonds is 6. The van der Waals surface area contributed by atoms with Gasteiger partial charge >= 0.3 is 0 Å². The summed E-state index contributed by atoms with van der Waals surface area (Å²) in [4.78, 5) is 28.5. The predicted molar refractivity (Wildman–Crippen MR) is 93.1 cm³/mol. The number of nitrogens with one attached hydrogen (secondary N) is 2. The number of hydrogen-bond donors (Lipinski definition) is 2. The van der Waals surface area contributed by atoms with Crippen LogP contribution < -0.4 is 10.6 Å². The average Bonchev–Trinajstić information content (AvgIpc) is 3.29. The molecule has 0 atom stereocenters. The topological polar surface area (TPSA) is 110 Å². The van der Waals surface area contributed by atoms with Crippen molar-refractivity contribution < 1.29 is 18.5 Å². The lowest BCUT2D eigenvalue weighted by Gasteiger charge is -2.33. The van der Waals surface area contributed by atoms with Crippen LogP contribution in [0.25, 0.3) is 11.5 Å². The van der Waals surface area contributed by atoms with Gasteiger partial charge in [0.1, 0.15) is 6.26 Å². The molecule has 1 aliphatic rings. The molecule has 2 aromatic rings. The fourth-order valence-electron chi connectivity index (χ4n) is 3.32. The number of carbonyl (C=O) groups excluding carboxylic acids is 2. The summed E-state index contributed by atoms with van der Waals surface area (Å²) < 4.78 is 10.1. The maximum Gasteiger partial charge on any atom is 0.274 e. The molecule has 0 saturated heterocycles. The molecule has 26 heavy (non-hydrogen) atoms. The van der Waals surface area contributed by atoms with Crippen LogP contribution in [0.3, 0.4) is 0 Å². The molecule has 2 heterocycles. The van der Waals surface area contributed by atoms with Crippen LogP contribution in [-0.2, 0) is 4.79 Å². The summed E-state index contributed by atoms with van der Waals surface area (Å²) in [5.41, 5.74) is 0.0596. The van der Waals surface area contributed by atoms with Gasteiger partial charge < -0.3 is 19.6 Å². The fraction of sp³-hybridized carbons (Fsp3) is 0.444. The molecule has 1 saturated carbocycles. The van der Waals surface area contributed by atoms with Crippen molar-refractivity contribution in [3.8, 4) is 11.5 Å². The van der Waals surface area contributed by atoms with Crippen molar-refractivity contribution in [3.05, 3.63) is 37.1 Å². The van der Waals surface area contributed by atoms with Crippen molar-refractivity contribution in [3.63, 3.8) is 0 Å². The normalized spacial score (nSPS) is 16.5. The minimum Gasteiger partial charge on any atom is -0.441 e. The van der Waals surface area contributed by atoms with E-state index in [1.807, 2.05) is 0 Å². The lowest BCUT2D eigenvalue weighted by atomic mass is 9.89. The third-order valence-corrected chi connectivity index (χ3v) is 4.67. The molecule has 2 N–H and O–H groups in total. The highest BCUT2D eigenvalue weighted by Gasteiger charge is 2.33. The van der Waals surface area contributed by atoms with Gasteiger partial charge in [-0.25, -0.2) is 4.98 Å². The van der Waals surface area contributed by atoms with Crippen LogP contribution in [0.1, 0.15) is 49.0 Å². The molecule has 0 radical (unpaired) electrons. The van der Waals surface area contributed by atoms with Crippen molar-refractivity contribution in [2.75, 3.05) is 6.54 Å². The summed E-state index contributed by atoms with van der Waals surface area (Å²) in [6.07, 6.45) is 9.71. The van der Waals surface area contributed by atoms with Crippen molar-refractivity contribution in [2.45, 2.75) is 44.1 Å². The van der Waals surface area contributed by atoms with E-state index in [9.17, 15) is 9.59 Å². The number of nitrogens with zero attached hydrogens (tertiary/aromatic N) is 2. The zero-order valence-corrected chi connectivity index (χ0v) is 14.5. The van der Waals surface area contributed by atoms with E-state index >= 15 is 0 Å². The Morgan fingerprint density at radius 3 is 2.69 bits per heavy atom. The Kier molecular flexibility index (Phi) is 5.50. The van der Waals surface area contributed by atoms with Crippen LogP contribution in [0.5, 0.6) is 0 Å². The lowest BCUT2D eigenvalue weighted by molar-refractivity contribution is -0.118. The maximum atomic E-state index is 12.6. The van der Waals surface area contributed by atoms with Gasteiger partial charge in [-0.3, -0.25) is 9.59 Å². The second-order valence-electron chi connectivity index (χ2n) is 6.49. The van der Waals surface area contributed by atoms with Crippen LogP contribution in [0, 0.1) is 0 Å². The van der Waals surface area contributed by atoms with E-state index in [4.69, 9.17) is 8.94 Å². The molecule has 0 unspecified atom stereocenters. The smallest absolute Gasteiger partial charge is 0.274 e. The van der Waals surface area contributed by atoms with Gasteiger partial charge in [0, 0.05) is 12.6 Å². The molecule has 0 aliphatic heterocycles. The Morgan fingerprint density at radius 1 is 1.27 bits per heavy atom. The number of hydrogen-bond acceptors (Lipinski definition) is 6. The highest BCUT2D eigenvalue weighted by atomic mass is 16.5. The van der Waals surface area contributed by atoms with E-state index in [2.05, 4.69) is 27.4 Å². The monoisotopic (exact) mass is 358 g/mol.